The fourth-order valence-corrected chi connectivity index (χ4v) is 6.15. The van der Waals surface area contributed by atoms with Crippen LogP contribution in [0.1, 0.15) is 61.8 Å². The standard InChI is InChI=1S/C20H36N2O6SSi/c1-17(2,3)27-16(25)21-20(19(7,8)28-30-18(4,5)6)10-13-22(15(20)24)12(11-29-13)14(23)26-9/h12-13H,10-11,30H2,1-9H3,(H,21,25)/t12-,13+,20+/m0/s1. The lowest BCUT2D eigenvalue weighted by Gasteiger charge is -2.44. The molecule has 172 valence electrons. The van der Waals surface area contributed by atoms with E-state index in [4.69, 9.17) is 13.9 Å². The van der Waals surface area contributed by atoms with Crippen LogP contribution in [0.5, 0.6) is 0 Å². The molecule has 2 heterocycles. The van der Waals surface area contributed by atoms with E-state index in [1.807, 2.05) is 13.8 Å². The summed E-state index contributed by atoms with van der Waals surface area (Å²) in [5.41, 5.74) is -3.03. The molecule has 2 rings (SSSR count). The van der Waals surface area contributed by atoms with Crippen LogP contribution >= 0.6 is 11.8 Å². The summed E-state index contributed by atoms with van der Waals surface area (Å²) < 4.78 is 16.7. The number of carbonyl (C=O) groups excluding carboxylic acids is 3. The third kappa shape index (κ3) is 5.13. The largest absolute Gasteiger partial charge is 0.467 e. The van der Waals surface area contributed by atoms with Crippen molar-refractivity contribution in [1.82, 2.24) is 10.2 Å². The van der Waals surface area contributed by atoms with E-state index in [-0.39, 0.29) is 16.3 Å². The molecule has 0 aliphatic carbocycles. The Hall–Kier alpha value is -1.26. The molecule has 0 saturated carbocycles. The Kier molecular flexibility index (Phi) is 6.96. The van der Waals surface area contributed by atoms with E-state index in [2.05, 4.69) is 26.1 Å². The highest BCUT2D eigenvalue weighted by atomic mass is 32.2. The van der Waals surface area contributed by atoms with Crippen LogP contribution in [0.25, 0.3) is 0 Å². The predicted octanol–water partition coefficient (Wildman–Crippen LogP) is 2.19. The first-order valence-corrected chi connectivity index (χ1v) is 12.5. The normalized spacial score (nSPS) is 27.5. The number of esters is 1. The number of hydrogen-bond acceptors (Lipinski definition) is 7. The first kappa shape index (κ1) is 25.0. The van der Waals surface area contributed by atoms with Gasteiger partial charge in [-0.15, -0.1) is 11.8 Å². The summed E-state index contributed by atoms with van der Waals surface area (Å²) in [4.78, 5) is 40.4. The summed E-state index contributed by atoms with van der Waals surface area (Å²) in [6, 6.07) is -0.671. The molecule has 0 radical (unpaired) electrons. The molecular formula is C20H36N2O6SSi. The maximum Gasteiger partial charge on any atom is 0.408 e. The molecule has 2 amide bonds. The van der Waals surface area contributed by atoms with Crippen molar-refractivity contribution in [1.29, 1.82) is 0 Å². The minimum atomic E-state index is -1.34. The highest BCUT2D eigenvalue weighted by Gasteiger charge is 2.65. The summed E-state index contributed by atoms with van der Waals surface area (Å²) in [5.74, 6) is -0.301. The molecule has 10 heteroatoms. The van der Waals surface area contributed by atoms with Crippen LogP contribution in [0, 0.1) is 0 Å². The second-order valence-corrected chi connectivity index (χ2v) is 14.5. The number of fused-ring (bicyclic) bond motifs is 1. The lowest BCUT2D eigenvalue weighted by Crippen LogP contribution is -2.68. The second kappa shape index (κ2) is 8.35. The molecule has 2 aliphatic rings. The zero-order chi connectivity index (χ0) is 23.1. The Morgan fingerprint density at radius 2 is 1.77 bits per heavy atom. The van der Waals surface area contributed by atoms with Gasteiger partial charge in [0.05, 0.1) is 18.1 Å². The SMILES string of the molecule is COC(=O)[C@@H]1CS[C@@H]2C[C@](NC(=O)OC(C)(C)C)(C(C)(C)O[SiH2]C(C)(C)C)C(=O)N21. The quantitative estimate of drug-likeness (QED) is 0.496. The van der Waals surface area contributed by atoms with Crippen molar-refractivity contribution in [2.45, 2.75) is 95.0 Å². The number of thioether (sulfide) groups is 1. The van der Waals surface area contributed by atoms with E-state index in [1.54, 1.807) is 25.7 Å². The van der Waals surface area contributed by atoms with Crippen LogP contribution in [-0.2, 0) is 23.5 Å². The predicted molar refractivity (Wildman–Crippen MR) is 119 cm³/mol. The van der Waals surface area contributed by atoms with Crippen LogP contribution in [-0.4, -0.2) is 73.7 Å². The van der Waals surface area contributed by atoms with E-state index in [9.17, 15) is 14.4 Å². The topological polar surface area (TPSA) is 94.2 Å². The monoisotopic (exact) mass is 460 g/mol. The van der Waals surface area contributed by atoms with Gasteiger partial charge in [0.2, 0.25) is 0 Å². The van der Waals surface area contributed by atoms with Gasteiger partial charge in [0.25, 0.3) is 5.91 Å². The molecule has 0 unspecified atom stereocenters. The second-order valence-electron chi connectivity index (χ2n) is 10.6. The van der Waals surface area contributed by atoms with Gasteiger partial charge in [-0.25, -0.2) is 9.59 Å². The molecule has 3 atom stereocenters. The van der Waals surface area contributed by atoms with E-state index < -0.39 is 44.6 Å². The number of alkyl carbamates (subject to hydrolysis) is 1. The van der Waals surface area contributed by atoms with Gasteiger partial charge in [-0.05, 0) is 39.7 Å². The van der Waals surface area contributed by atoms with E-state index in [1.165, 1.54) is 18.9 Å². The first-order valence-electron chi connectivity index (χ1n) is 10.2. The first-order chi connectivity index (χ1) is 13.5. The number of amides is 2. The Morgan fingerprint density at radius 1 is 1.17 bits per heavy atom. The average Bonchev–Trinajstić information content (AvgIpc) is 3.09. The van der Waals surface area contributed by atoms with E-state index in [0.29, 0.717) is 12.2 Å². The third-order valence-corrected chi connectivity index (χ3v) is 8.27. The molecule has 1 N–H and O–H groups in total. The summed E-state index contributed by atoms with van der Waals surface area (Å²) in [6.45, 7) is 15.3. The third-order valence-electron chi connectivity index (χ3n) is 5.25. The molecule has 2 fully saturated rings. The van der Waals surface area contributed by atoms with Crippen LogP contribution in [0.3, 0.4) is 0 Å². The van der Waals surface area contributed by atoms with Crippen molar-refractivity contribution in [3.63, 3.8) is 0 Å². The minimum absolute atomic E-state index is 0.00545. The number of nitrogens with one attached hydrogen (secondary N) is 1. The number of hydrogen-bond donors (Lipinski definition) is 1. The van der Waals surface area contributed by atoms with Crippen molar-refractivity contribution in [2.75, 3.05) is 12.9 Å². The molecule has 2 saturated heterocycles. The van der Waals surface area contributed by atoms with Gasteiger partial charge in [0.15, 0.2) is 15.3 Å². The molecule has 30 heavy (non-hydrogen) atoms. The lowest BCUT2D eigenvalue weighted by molar-refractivity contribution is -0.153. The smallest absolute Gasteiger partial charge is 0.408 e. The summed E-state index contributed by atoms with van der Waals surface area (Å²) in [5, 5.41) is 2.63. The number of methoxy groups -OCH3 is 1. The summed E-state index contributed by atoms with van der Waals surface area (Å²) in [6.07, 6.45) is -0.347. The van der Waals surface area contributed by atoms with Gasteiger partial charge in [0.1, 0.15) is 11.6 Å². The number of carbonyl (C=O) groups is 3. The van der Waals surface area contributed by atoms with Crippen molar-refractivity contribution in [3.05, 3.63) is 0 Å². The molecule has 0 aromatic rings. The van der Waals surface area contributed by atoms with Gasteiger partial charge < -0.3 is 24.1 Å². The van der Waals surface area contributed by atoms with Gasteiger partial charge in [0, 0.05) is 12.2 Å². The number of nitrogens with zero attached hydrogens (tertiary/aromatic N) is 1. The fraction of sp³-hybridized carbons (Fsp3) is 0.850. The van der Waals surface area contributed by atoms with Crippen LogP contribution in [0.4, 0.5) is 4.79 Å². The van der Waals surface area contributed by atoms with Crippen LogP contribution < -0.4 is 5.32 Å². The zero-order valence-corrected chi connectivity index (χ0v) is 21.8. The van der Waals surface area contributed by atoms with Crippen molar-refractivity contribution < 1.29 is 28.3 Å². The molecule has 0 spiro atoms. The van der Waals surface area contributed by atoms with Crippen molar-refractivity contribution in [2.24, 2.45) is 0 Å². The molecular weight excluding hydrogens is 424 g/mol. The Labute approximate surface area is 186 Å². The van der Waals surface area contributed by atoms with Gasteiger partial charge >= 0.3 is 12.1 Å². The highest BCUT2D eigenvalue weighted by molar-refractivity contribution is 8.00. The van der Waals surface area contributed by atoms with E-state index >= 15 is 0 Å². The molecule has 0 bridgehead atoms. The van der Waals surface area contributed by atoms with Gasteiger partial charge in [-0.3, -0.25) is 4.79 Å². The van der Waals surface area contributed by atoms with Crippen molar-refractivity contribution in [3.8, 4) is 0 Å². The Balaban J connectivity index is 2.41. The van der Waals surface area contributed by atoms with Gasteiger partial charge in [-0.1, -0.05) is 20.8 Å². The Bertz CT molecular complexity index is 702. The highest BCUT2D eigenvalue weighted by Crippen LogP contribution is 2.48. The maximum atomic E-state index is 13.8. The zero-order valence-electron chi connectivity index (χ0n) is 19.6. The average molecular weight is 461 g/mol. The van der Waals surface area contributed by atoms with Gasteiger partial charge in [-0.2, -0.15) is 0 Å². The lowest BCUT2D eigenvalue weighted by atomic mass is 9.80. The minimum Gasteiger partial charge on any atom is -0.467 e. The number of ether oxygens (including phenoxy) is 2. The van der Waals surface area contributed by atoms with Crippen LogP contribution in [0.15, 0.2) is 0 Å². The molecule has 0 aromatic carbocycles. The van der Waals surface area contributed by atoms with Crippen molar-refractivity contribution >= 4 is 39.5 Å². The summed E-state index contributed by atoms with van der Waals surface area (Å²) >= 11 is 1.52. The summed E-state index contributed by atoms with van der Waals surface area (Å²) in [7, 11) is 0.283. The molecule has 2 aliphatic heterocycles. The maximum absolute atomic E-state index is 13.8. The Morgan fingerprint density at radius 3 is 2.27 bits per heavy atom. The molecule has 0 aromatic heterocycles. The number of rotatable bonds is 5. The fourth-order valence-electron chi connectivity index (χ4n) is 3.64. The van der Waals surface area contributed by atoms with E-state index in [0.717, 1.165) is 0 Å². The molecule has 8 nitrogen and oxygen atoms in total. The van der Waals surface area contributed by atoms with Crippen LogP contribution in [0.2, 0.25) is 5.04 Å².